The summed E-state index contributed by atoms with van der Waals surface area (Å²) in [5, 5.41) is 27.1. The van der Waals surface area contributed by atoms with Crippen LogP contribution < -0.4 is 10.6 Å². The number of benzene rings is 2. The van der Waals surface area contributed by atoms with Gasteiger partial charge in [0.05, 0.1) is 72.5 Å². The Morgan fingerprint density at radius 1 is 0.943 bits per heavy atom. The number of carbonyl (C=O) groups excluding carboxylic acids is 2. The van der Waals surface area contributed by atoms with Crippen LogP contribution in [-0.2, 0) is 25.9 Å². The smallest absolute Gasteiger partial charge is 0.407 e. The molecule has 5 atom stereocenters. The van der Waals surface area contributed by atoms with Crippen molar-refractivity contribution >= 4 is 22.0 Å². The molecule has 0 aliphatic carbocycles. The third-order valence-corrected chi connectivity index (χ3v) is 11.7. The molecule has 6 N–H and O–H groups in total. The second kappa shape index (κ2) is 15.7. The second-order valence-electron chi connectivity index (χ2n) is 13.4. The maximum absolute atomic E-state index is 14.0. The highest BCUT2D eigenvalue weighted by molar-refractivity contribution is 7.92. The van der Waals surface area contributed by atoms with E-state index in [1.807, 2.05) is 24.0 Å². The lowest BCUT2D eigenvalue weighted by Gasteiger charge is -2.32. The molecule has 53 heavy (non-hydrogen) atoms. The lowest BCUT2D eigenvalue weighted by molar-refractivity contribution is -0.0292. The maximum atomic E-state index is 14.0. The van der Waals surface area contributed by atoms with Crippen LogP contribution in [0.15, 0.2) is 58.6 Å². The molecule has 4 aromatic rings. The van der Waals surface area contributed by atoms with Crippen LogP contribution in [0.2, 0.25) is 0 Å². The summed E-state index contributed by atoms with van der Waals surface area (Å²) in [4.78, 5) is 43.1. The van der Waals surface area contributed by atoms with E-state index in [-0.39, 0.29) is 22.4 Å². The first-order valence-corrected chi connectivity index (χ1v) is 19.0. The number of hydrogen-bond acceptors (Lipinski definition) is 12. The fourth-order valence-corrected chi connectivity index (χ4v) is 8.79. The van der Waals surface area contributed by atoms with Crippen molar-refractivity contribution in [1.29, 1.82) is 0 Å². The van der Waals surface area contributed by atoms with Gasteiger partial charge in [0.25, 0.3) is 0 Å². The number of aromatic amines is 2. The topological polar surface area (TPSA) is 215 Å². The van der Waals surface area contributed by atoms with Crippen molar-refractivity contribution in [3.8, 4) is 33.6 Å². The van der Waals surface area contributed by atoms with Gasteiger partial charge in [-0.3, -0.25) is 9.80 Å². The van der Waals surface area contributed by atoms with Crippen molar-refractivity contribution in [1.82, 2.24) is 40.4 Å². The predicted molar refractivity (Wildman–Crippen MR) is 194 cm³/mol. The molecule has 4 heterocycles. The zero-order valence-corrected chi connectivity index (χ0v) is 31.1. The van der Waals surface area contributed by atoms with Crippen molar-refractivity contribution in [3.05, 3.63) is 60.4 Å². The highest BCUT2D eigenvalue weighted by Crippen LogP contribution is 2.46. The van der Waals surface area contributed by atoms with Gasteiger partial charge in [-0.2, -0.15) is 0 Å². The minimum Gasteiger partial charge on any atom is -0.453 e. The molecule has 0 saturated carbocycles. The first-order chi connectivity index (χ1) is 25.4. The van der Waals surface area contributed by atoms with Gasteiger partial charge in [-0.05, 0) is 45.2 Å². The molecule has 1 fully saturated rings. The molecule has 0 spiro atoms. The fraction of sp³-hybridized carbons (Fsp3) is 0.444. The number of aliphatic hydroxyl groups is 2. The number of nitrogens with zero attached hydrogens (tertiary/aromatic N) is 4. The summed E-state index contributed by atoms with van der Waals surface area (Å²) in [6, 6.07) is 9.19. The molecule has 0 radical (unpaired) electrons. The van der Waals surface area contributed by atoms with Gasteiger partial charge in [-0.25, -0.2) is 28.0 Å². The zero-order valence-electron chi connectivity index (χ0n) is 30.3. The van der Waals surface area contributed by atoms with Gasteiger partial charge in [0, 0.05) is 35.3 Å². The van der Waals surface area contributed by atoms with E-state index >= 15 is 0 Å². The minimum atomic E-state index is -3.87. The Kier molecular flexibility index (Phi) is 11.2. The van der Waals surface area contributed by atoms with Gasteiger partial charge in [0.1, 0.15) is 24.1 Å². The maximum Gasteiger partial charge on any atom is 0.407 e. The second-order valence-corrected chi connectivity index (χ2v) is 15.3. The third kappa shape index (κ3) is 7.66. The van der Waals surface area contributed by atoms with E-state index in [9.17, 15) is 28.2 Å². The predicted octanol–water partition coefficient (Wildman–Crippen LogP) is 3.75. The molecule has 1 saturated heterocycles. The van der Waals surface area contributed by atoms with Crippen LogP contribution in [-0.4, -0.2) is 112 Å². The van der Waals surface area contributed by atoms with Gasteiger partial charge in [0.15, 0.2) is 0 Å². The summed E-state index contributed by atoms with van der Waals surface area (Å²) < 4.78 is 37.3. The van der Waals surface area contributed by atoms with E-state index in [1.54, 1.807) is 55.4 Å². The molecule has 6 rings (SSSR count). The molecule has 2 aromatic carbocycles. The minimum absolute atomic E-state index is 0.194. The fourth-order valence-electron chi connectivity index (χ4n) is 7.06. The Labute approximate surface area is 307 Å². The lowest BCUT2D eigenvalue weighted by atomic mass is 10.0. The standard InChI is InChI=1S/C36H46N8O8S/c1-6-13-43(33(45)20(2)39-35(47)51-4)19-31-37-17-26(41-31)22-9-11-24-25-12-10-23(16-30(25)53(49,50)29(24)15-22)27-18-38-32(42-27)28-8-7-14-44(28)34(46)21(3)40-36(48)52-5/h9-12,15-18,20-21,28,33-34,45-46H,6-8,13-14,19H2,1-5H3,(H,37,41)(H,38,42)(H,39,47)(H,40,48). The number of nitrogens with one attached hydrogen (secondary N) is 4. The molecule has 16 nitrogen and oxygen atoms in total. The number of imidazole rings is 2. The molecular weight excluding hydrogens is 705 g/mol. The number of methoxy groups -OCH3 is 2. The Hall–Kier alpha value is -4.81. The molecule has 17 heteroatoms. The number of alkyl carbamates (subject to hydrolysis) is 2. The van der Waals surface area contributed by atoms with Crippen molar-refractivity contribution in [3.63, 3.8) is 0 Å². The molecule has 5 unspecified atom stereocenters. The van der Waals surface area contributed by atoms with Crippen LogP contribution in [0.25, 0.3) is 33.6 Å². The molecule has 2 amide bonds. The number of likely N-dealkylation sites (tertiary alicyclic amines) is 1. The molecule has 284 valence electrons. The molecule has 2 aromatic heterocycles. The number of hydrogen-bond donors (Lipinski definition) is 6. The van der Waals surface area contributed by atoms with Crippen LogP contribution in [0, 0.1) is 0 Å². The Morgan fingerprint density at radius 2 is 1.53 bits per heavy atom. The molecule has 2 aliphatic heterocycles. The number of H-pyrrole nitrogens is 2. The largest absolute Gasteiger partial charge is 0.453 e. The van der Waals surface area contributed by atoms with E-state index in [2.05, 4.69) is 40.0 Å². The summed E-state index contributed by atoms with van der Waals surface area (Å²) in [6.45, 7) is 6.79. The first kappa shape index (κ1) is 37.9. The molecular formula is C36H46N8O8S. The van der Waals surface area contributed by atoms with E-state index in [1.165, 1.54) is 14.2 Å². The number of carbonyl (C=O) groups is 2. The summed E-state index contributed by atoms with van der Waals surface area (Å²) >= 11 is 0. The van der Waals surface area contributed by atoms with E-state index in [0.29, 0.717) is 58.4 Å². The van der Waals surface area contributed by atoms with Gasteiger partial charge in [-0.1, -0.05) is 31.2 Å². The number of ether oxygens (including phenoxy) is 2. The lowest BCUT2D eigenvalue weighted by Crippen LogP contribution is -2.50. The van der Waals surface area contributed by atoms with Crippen LogP contribution in [0.5, 0.6) is 0 Å². The van der Waals surface area contributed by atoms with Crippen molar-refractivity contribution < 1.29 is 37.7 Å². The number of sulfone groups is 1. The Balaban J connectivity index is 1.19. The number of aromatic nitrogens is 4. The van der Waals surface area contributed by atoms with Crippen molar-refractivity contribution in [2.45, 2.75) is 87.0 Å². The highest BCUT2D eigenvalue weighted by Gasteiger charge is 2.37. The first-order valence-electron chi connectivity index (χ1n) is 17.5. The van der Waals surface area contributed by atoms with Gasteiger partial charge in [-0.15, -0.1) is 0 Å². The van der Waals surface area contributed by atoms with Gasteiger partial charge < -0.3 is 40.3 Å². The Morgan fingerprint density at radius 3 is 2.13 bits per heavy atom. The normalized spacial score (nSPS) is 18.5. The number of amides is 2. The van der Waals surface area contributed by atoms with Gasteiger partial charge in [0.2, 0.25) is 9.84 Å². The number of fused-ring (bicyclic) bond motifs is 3. The van der Waals surface area contributed by atoms with Gasteiger partial charge >= 0.3 is 12.2 Å². The van der Waals surface area contributed by atoms with E-state index in [0.717, 1.165) is 19.3 Å². The van der Waals surface area contributed by atoms with E-state index < -0.39 is 46.6 Å². The third-order valence-electron chi connectivity index (χ3n) is 9.82. The zero-order chi connectivity index (χ0) is 38.0. The van der Waals surface area contributed by atoms with Crippen LogP contribution in [0.4, 0.5) is 9.59 Å². The van der Waals surface area contributed by atoms with Crippen molar-refractivity contribution in [2.75, 3.05) is 27.3 Å². The van der Waals surface area contributed by atoms with Crippen molar-refractivity contribution in [2.24, 2.45) is 0 Å². The molecule has 2 aliphatic rings. The number of aliphatic hydroxyl groups excluding tert-OH is 2. The Bertz CT molecular complexity index is 2070. The number of rotatable bonds is 13. The summed E-state index contributed by atoms with van der Waals surface area (Å²) in [5.74, 6) is 1.20. The quantitative estimate of drug-likeness (QED) is 0.0950. The summed E-state index contributed by atoms with van der Waals surface area (Å²) in [7, 11) is -1.34. The average Bonchev–Trinajstić information content (AvgIpc) is 3.97. The van der Waals surface area contributed by atoms with E-state index in [4.69, 9.17) is 0 Å². The van der Waals surface area contributed by atoms with Crippen LogP contribution in [0.1, 0.15) is 57.7 Å². The van der Waals surface area contributed by atoms with Crippen LogP contribution >= 0.6 is 0 Å². The molecule has 0 bridgehead atoms. The summed E-state index contributed by atoms with van der Waals surface area (Å²) in [6.07, 6.45) is 2.39. The highest BCUT2D eigenvalue weighted by atomic mass is 32.2. The average molecular weight is 751 g/mol. The van der Waals surface area contributed by atoms with Crippen LogP contribution in [0.3, 0.4) is 0 Å². The monoisotopic (exact) mass is 750 g/mol. The summed E-state index contributed by atoms with van der Waals surface area (Å²) in [5.41, 5.74) is 3.76. The SMILES string of the molecule is CCCN(Cc1ncc(-c2ccc3c(c2)S(=O)(=O)c2cc(-c4cnc(C5CCCN5C(O)C(C)NC(=O)OC)[nH]4)ccc2-3)[nH]1)C(O)C(C)NC(=O)OC.